The summed E-state index contributed by atoms with van der Waals surface area (Å²) in [7, 11) is 0. The van der Waals surface area contributed by atoms with Gasteiger partial charge in [-0.3, -0.25) is 4.79 Å². The van der Waals surface area contributed by atoms with Crippen LogP contribution in [0.2, 0.25) is 14.8 Å². The van der Waals surface area contributed by atoms with E-state index in [1.807, 2.05) is 0 Å². The topological polar surface area (TPSA) is 43.1 Å². The smallest absolute Gasteiger partial charge is 0.283 e. The van der Waals surface area contributed by atoms with E-state index >= 15 is 0 Å². The molecule has 2 N–H and O–H groups in total. The van der Waals surface area contributed by atoms with Gasteiger partial charge in [0.25, 0.3) is 14.1 Å². The minimum Gasteiger partial charge on any atom is -0.370 e. The summed E-state index contributed by atoms with van der Waals surface area (Å²) in [6, 6.07) is 0. The van der Waals surface area contributed by atoms with Gasteiger partial charge in [-0.05, 0) is 0 Å². The third-order valence-electron chi connectivity index (χ3n) is 4.00. The molecule has 0 atom stereocenters. The predicted octanol–water partition coefficient (Wildman–Crippen LogP) is 2.71. The number of rotatable bonds is 4. The Morgan fingerprint density at radius 1 is 1.21 bits per heavy atom. The first-order chi connectivity index (χ1) is 6.67. The van der Waals surface area contributed by atoms with E-state index in [2.05, 4.69) is 13.8 Å². The van der Waals surface area contributed by atoms with Gasteiger partial charge in [-0.2, -0.15) is 0 Å². The monoisotopic (exact) mass is 211 g/mol. The lowest BCUT2D eigenvalue weighted by Gasteiger charge is -2.38. The Morgan fingerprint density at radius 3 is 2.07 bits per heavy atom. The number of nitrogens with two attached hydrogens (primary N) is 1. The summed E-state index contributed by atoms with van der Waals surface area (Å²) in [6.45, 7) is 4.47. The molecule has 1 amide bonds. The van der Waals surface area contributed by atoms with Crippen LogP contribution >= 0.6 is 0 Å². The van der Waals surface area contributed by atoms with Crippen LogP contribution < -0.4 is 5.73 Å². The molecule has 0 saturated heterocycles. The fourth-order valence-corrected chi connectivity index (χ4v) is 6.88. The van der Waals surface area contributed by atoms with Crippen molar-refractivity contribution >= 4 is 20.1 Å². The molecular formula is C11H22AlNO. The van der Waals surface area contributed by atoms with Crippen molar-refractivity contribution in [3.05, 3.63) is 0 Å². The number of amides is 1. The second-order valence-corrected chi connectivity index (χ2v) is 8.73. The maximum atomic E-state index is 11.7. The van der Waals surface area contributed by atoms with Crippen LogP contribution in [-0.2, 0) is 4.79 Å². The van der Waals surface area contributed by atoms with Crippen LogP contribution in [0.4, 0.5) is 0 Å². The summed E-state index contributed by atoms with van der Waals surface area (Å²) < 4.78 is -0.0260. The molecule has 14 heavy (non-hydrogen) atoms. The molecule has 1 rings (SSSR count). The van der Waals surface area contributed by atoms with Gasteiger partial charge in [-0.1, -0.05) is 56.5 Å². The predicted molar refractivity (Wildman–Crippen MR) is 61.7 cm³/mol. The van der Waals surface area contributed by atoms with Crippen molar-refractivity contribution in [3.8, 4) is 0 Å². The lowest BCUT2D eigenvalue weighted by Crippen LogP contribution is -2.43. The zero-order valence-corrected chi connectivity index (χ0v) is 10.7. The zero-order valence-electron chi connectivity index (χ0n) is 9.51. The Labute approximate surface area is 91.6 Å². The Morgan fingerprint density at radius 2 is 1.71 bits per heavy atom. The molecule has 0 spiro atoms. The number of carbonyl (C=O) groups excluding carboxylic acids is 1. The van der Waals surface area contributed by atoms with Crippen molar-refractivity contribution in [2.45, 2.75) is 60.8 Å². The minimum atomic E-state index is -0.942. The number of carbonyl (C=O) groups is 1. The highest BCUT2D eigenvalue weighted by Crippen LogP contribution is 2.47. The van der Waals surface area contributed by atoms with Gasteiger partial charge in [0.2, 0.25) is 5.91 Å². The Hall–Kier alpha value is 0.00247. The highest BCUT2D eigenvalue weighted by Gasteiger charge is 2.46. The minimum absolute atomic E-state index is 0.0116. The van der Waals surface area contributed by atoms with Gasteiger partial charge < -0.3 is 5.73 Å². The maximum Gasteiger partial charge on any atom is 0.283 e. The van der Waals surface area contributed by atoms with E-state index in [9.17, 15) is 4.79 Å². The molecule has 1 aliphatic carbocycles. The van der Waals surface area contributed by atoms with Gasteiger partial charge in [0.1, 0.15) is 0 Å². The molecule has 80 valence electrons. The third-order valence-corrected chi connectivity index (χ3v) is 8.40. The summed E-state index contributed by atoms with van der Waals surface area (Å²) in [6.07, 6.45) is 5.89. The molecule has 1 aliphatic rings. The molecular weight excluding hydrogens is 189 g/mol. The summed E-state index contributed by atoms with van der Waals surface area (Å²) >= 11 is -0.942. The van der Waals surface area contributed by atoms with Crippen molar-refractivity contribution in [2.24, 2.45) is 5.73 Å². The van der Waals surface area contributed by atoms with Crippen LogP contribution in [0.3, 0.4) is 0 Å². The molecule has 1 fully saturated rings. The van der Waals surface area contributed by atoms with Crippen LogP contribution in [0.5, 0.6) is 0 Å². The van der Waals surface area contributed by atoms with E-state index in [4.69, 9.17) is 5.73 Å². The van der Waals surface area contributed by atoms with Crippen LogP contribution in [0.1, 0.15) is 46.0 Å². The molecule has 0 aromatic carbocycles. The van der Waals surface area contributed by atoms with Crippen molar-refractivity contribution in [3.63, 3.8) is 0 Å². The van der Waals surface area contributed by atoms with Gasteiger partial charge >= 0.3 is 0 Å². The summed E-state index contributed by atoms with van der Waals surface area (Å²) in [5.74, 6) is 0.0116. The van der Waals surface area contributed by atoms with Crippen LogP contribution in [0, 0.1) is 0 Å². The number of hydrogen-bond donors (Lipinski definition) is 1. The summed E-state index contributed by atoms with van der Waals surface area (Å²) in [4.78, 5) is 11.7. The first-order valence-electron chi connectivity index (χ1n) is 5.97. The average Bonchev–Trinajstić information content (AvgIpc) is 2.21. The first kappa shape index (κ1) is 12.1. The number of hydrogen-bond acceptors (Lipinski definition) is 1. The summed E-state index contributed by atoms with van der Waals surface area (Å²) in [5.41, 5.74) is 5.65. The van der Waals surface area contributed by atoms with E-state index in [0.717, 1.165) is 12.8 Å². The average molecular weight is 211 g/mol. The van der Waals surface area contributed by atoms with Gasteiger partial charge in [0.05, 0.1) is 0 Å². The molecule has 3 heteroatoms. The quantitative estimate of drug-likeness (QED) is 0.714. The van der Waals surface area contributed by atoms with E-state index in [-0.39, 0.29) is 10.2 Å². The van der Waals surface area contributed by atoms with Crippen LogP contribution in [0.25, 0.3) is 0 Å². The maximum absolute atomic E-state index is 11.7. The molecule has 1 saturated carbocycles. The van der Waals surface area contributed by atoms with Crippen molar-refractivity contribution in [2.75, 3.05) is 0 Å². The van der Waals surface area contributed by atoms with Gasteiger partial charge in [0, 0.05) is 4.28 Å². The molecule has 0 aromatic rings. The Kier molecular flexibility index (Phi) is 4.47. The lowest BCUT2D eigenvalue weighted by molar-refractivity contribution is -0.122. The van der Waals surface area contributed by atoms with E-state index < -0.39 is 14.1 Å². The highest BCUT2D eigenvalue weighted by molar-refractivity contribution is 6.66. The van der Waals surface area contributed by atoms with Crippen LogP contribution in [0.15, 0.2) is 0 Å². The van der Waals surface area contributed by atoms with Gasteiger partial charge in [0.15, 0.2) is 0 Å². The standard InChI is InChI=1S/C7H12NO.2C2H5.Al/c8-7(9)6-4-2-1-3-5-6;2*1-2;/h1-5H2,(H2,8,9);2*1H2,2H3;. The normalized spacial score (nSPS) is 20.4. The van der Waals surface area contributed by atoms with Gasteiger partial charge in [-0.25, -0.2) is 0 Å². The fourth-order valence-electron chi connectivity index (χ4n) is 3.11. The number of primary amides is 1. The highest BCUT2D eigenvalue weighted by atomic mass is 27.2. The molecule has 0 aromatic heterocycles. The van der Waals surface area contributed by atoms with Gasteiger partial charge in [-0.15, -0.1) is 0 Å². The first-order valence-corrected chi connectivity index (χ1v) is 8.18. The molecule has 0 bridgehead atoms. The Bertz CT molecular complexity index is 195. The SMILES string of the molecule is C[CH2][Al]([CH2]C)[C]1(C(N)=O)CCCCC1. The Balaban J connectivity index is 2.83. The van der Waals surface area contributed by atoms with Crippen molar-refractivity contribution in [1.29, 1.82) is 0 Å². The zero-order chi connectivity index (χ0) is 10.6. The molecule has 0 heterocycles. The van der Waals surface area contributed by atoms with Crippen molar-refractivity contribution < 1.29 is 4.79 Å². The third kappa shape index (κ3) is 2.15. The van der Waals surface area contributed by atoms with E-state index in [1.165, 1.54) is 29.8 Å². The lowest BCUT2D eigenvalue weighted by atomic mass is 9.87. The van der Waals surface area contributed by atoms with E-state index in [1.54, 1.807) is 0 Å². The van der Waals surface area contributed by atoms with E-state index in [0.29, 0.717) is 0 Å². The second kappa shape index (κ2) is 5.19. The second-order valence-electron chi connectivity index (χ2n) is 4.59. The fraction of sp³-hybridized carbons (Fsp3) is 0.909. The molecule has 0 aliphatic heterocycles. The molecule has 0 unspecified atom stereocenters. The van der Waals surface area contributed by atoms with Crippen LogP contribution in [-0.4, -0.2) is 20.1 Å². The largest absolute Gasteiger partial charge is 0.370 e. The summed E-state index contributed by atoms with van der Waals surface area (Å²) in [5, 5.41) is 2.44. The van der Waals surface area contributed by atoms with Crippen molar-refractivity contribution in [1.82, 2.24) is 0 Å². The molecule has 0 radical (unpaired) electrons. The molecule has 2 nitrogen and oxygen atoms in total.